The summed E-state index contributed by atoms with van der Waals surface area (Å²) in [6.45, 7) is 1.98. The van der Waals surface area contributed by atoms with Gasteiger partial charge in [0.1, 0.15) is 12.2 Å². The lowest BCUT2D eigenvalue weighted by Gasteiger charge is -2.22. The molecule has 1 aliphatic carbocycles. The van der Waals surface area contributed by atoms with Gasteiger partial charge >= 0.3 is 0 Å². The molecule has 0 heterocycles. The Morgan fingerprint density at radius 1 is 1.55 bits per heavy atom. The van der Waals surface area contributed by atoms with Crippen LogP contribution in [0.2, 0.25) is 0 Å². The first-order valence-corrected chi connectivity index (χ1v) is 4.67. The van der Waals surface area contributed by atoms with E-state index in [1.165, 1.54) is 0 Å². The maximum Gasteiger partial charge on any atom is 0.106 e. The lowest BCUT2D eigenvalue weighted by atomic mass is 9.97. The van der Waals surface area contributed by atoms with Gasteiger partial charge in [-0.2, -0.15) is 0 Å². The van der Waals surface area contributed by atoms with Gasteiger partial charge in [-0.25, -0.2) is 0 Å². The van der Waals surface area contributed by atoms with E-state index >= 15 is 0 Å². The number of halogens is 1. The minimum atomic E-state index is -0.719. The van der Waals surface area contributed by atoms with Gasteiger partial charge in [0, 0.05) is 3.58 Å². The third-order valence-corrected chi connectivity index (χ3v) is 2.86. The molecule has 0 aromatic heterocycles. The number of rotatable bonds is 1. The second kappa shape index (κ2) is 3.69. The smallest absolute Gasteiger partial charge is 0.106 e. The molecule has 0 fully saturated rings. The molecule has 2 N–H and O–H groups in total. The highest BCUT2D eigenvalue weighted by Crippen LogP contribution is 2.26. The van der Waals surface area contributed by atoms with Crippen LogP contribution in [0.25, 0.3) is 0 Å². The van der Waals surface area contributed by atoms with Gasteiger partial charge in [0.15, 0.2) is 0 Å². The van der Waals surface area contributed by atoms with Crippen LogP contribution in [0.5, 0.6) is 0 Å². The van der Waals surface area contributed by atoms with Gasteiger partial charge in [0.25, 0.3) is 0 Å². The first-order chi connectivity index (χ1) is 5.16. The Balaban J connectivity index is 2.89. The topological polar surface area (TPSA) is 40.5 Å². The van der Waals surface area contributed by atoms with E-state index < -0.39 is 12.2 Å². The quantitative estimate of drug-likeness (QED) is 0.704. The van der Waals surface area contributed by atoms with Crippen LogP contribution in [0.1, 0.15) is 13.3 Å². The summed E-state index contributed by atoms with van der Waals surface area (Å²) in [6.07, 6.45) is 2.84. The molecular weight excluding hydrogens is 255 g/mol. The normalized spacial score (nSPS) is 31.3. The van der Waals surface area contributed by atoms with Crippen molar-refractivity contribution in [3.05, 3.63) is 21.3 Å². The number of allylic oxidation sites excluding steroid dienone is 2. The Labute approximate surface area is 79.8 Å². The Morgan fingerprint density at radius 2 is 2.18 bits per heavy atom. The van der Waals surface area contributed by atoms with Crippen molar-refractivity contribution in [2.45, 2.75) is 25.6 Å². The first-order valence-electron chi connectivity index (χ1n) is 3.59. The molecule has 2 atom stereocenters. The highest BCUT2D eigenvalue weighted by atomic mass is 127. The summed E-state index contributed by atoms with van der Waals surface area (Å²) < 4.78 is 1.04. The van der Waals surface area contributed by atoms with E-state index in [1.54, 1.807) is 6.08 Å². The third kappa shape index (κ3) is 1.83. The van der Waals surface area contributed by atoms with E-state index in [-0.39, 0.29) is 0 Å². The molecule has 0 saturated carbocycles. The van der Waals surface area contributed by atoms with Crippen LogP contribution in [0.4, 0.5) is 0 Å². The minimum absolute atomic E-state index is 0.697. The van der Waals surface area contributed by atoms with Gasteiger partial charge in [-0.3, -0.25) is 0 Å². The number of aliphatic hydroxyl groups excluding tert-OH is 2. The van der Waals surface area contributed by atoms with Crippen molar-refractivity contribution in [1.82, 2.24) is 0 Å². The monoisotopic (exact) mass is 266 g/mol. The van der Waals surface area contributed by atoms with Crippen LogP contribution in [-0.4, -0.2) is 22.4 Å². The molecule has 0 aliphatic heterocycles. The summed E-state index contributed by atoms with van der Waals surface area (Å²) in [5.41, 5.74) is 0.931. The molecule has 0 bridgehead atoms. The lowest BCUT2D eigenvalue weighted by Crippen LogP contribution is -2.28. The number of hydrogen-bond acceptors (Lipinski definition) is 2. The highest BCUT2D eigenvalue weighted by Gasteiger charge is 2.22. The zero-order valence-electron chi connectivity index (χ0n) is 6.29. The Bertz CT molecular complexity index is 208. The molecule has 0 saturated heterocycles. The summed E-state index contributed by atoms with van der Waals surface area (Å²) >= 11 is 2.17. The maximum atomic E-state index is 9.44. The summed E-state index contributed by atoms with van der Waals surface area (Å²) in [5.74, 6) is 0. The fraction of sp³-hybridized carbons (Fsp3) is 0.500. The predicted octanol–water partition coefficient (Wildman–Crippen LogP) is 1.38. The van der Waals surface area contributed by atoms with Crippen molar-refractivity contribution < 1.29 is 10.2 Å². The van der Waals surface area contributed by atoms with Crippen molar-refractivity contribution in [2.24, 2.45) is 0 Å². The highest BCUT2D eigenvalue weighted by molar-refractivity contribution is 14.1. The van der Waals surface area contributed by atoms with Crippen LogP contribution in [0.3, 0.4) is 0 Å². The van der Waals surface area contributed by atoms with E-state index in [9.17, 15) is 10.2 Å². The second-order valence-corrected chi connectivity index (χ2v) is 3.68. The van der Waals surface area contributed by atoms with Gasteiger partial charge in [0.05, 0.1) is 0 Å². The summed E-state index contributed by atoms with van der Waals surface area (Å²) in [4.78, 5) is 0. The molecule has 3 heteroatoms. The van der Waals surface area contributed by atoms with Crippen LogP contribution < -0.4 is 0 Å². The SMILES string of the molecule is CCC1=C(I)C=C[C@H](O)[C@@H]1O. The Hall–Kier alpha value is 0.130. The van der Waals surface area contributed by atoms with Crippen LogP contribution in [0, 0.1) is 0 Å². The molecular formula is C8H11IO2. The molecule has 0 spiro atoms. The fourth-order valence-electron chi connectivity index (χ4n) is 1.12. The third-order valence-electron chi connectivity index (χ3n) is 1.81. The summed E-state index contributed by atoms with van der Waals surface area (Å²) in [6, 6.07) is 0. The van der Waals surface area contributed by atoms with E-state index in [1.807, 2.05) is 13.0 Å². The van der Waals surface area contributed by atoms with Crippen LogP contribution in [-0.2, 0) is 0 Å². The molecule has 0 aromatic carbocycles. The Kier molecular flexibility index (Phi) is 3.09. The molecule has 0 amide bonds. The molecule has 1 rings (SSSR count). The van der Waals surface area contributed by atoms with Crippen LogP contribution in [0.15, 0.2) is 21.3 Å². The number of hydrogen-bond donors (Lipinski definition) is 2. The standard InChI is InChI=1S/C8H11IO2/c1-2-5-6(9)3-4-7(10)8(5)11/h3-4,7-8,10-11H,2H2,1H3/t7-,8+/m0/s1. The average molecular weight is 266 g/mol. The van der Waals surface area contributed by atoms with E-state index in [0.29, 0.717) is 0 Å². The van der Waals surface area contributed by atoms with Crippen LogP contribution >= 0.6 is 22.6 Å². The molecule has 0 unspecified atom stereocenters. The van der Waals surface area contributed by atoms with Crippen molar-refractivity contribution in [1.29, 1.82) is 0 Å². The zero-order chi connectivity index (χ0) is 8.43. The van der Waals surface area contributed by atoms with Gasteiger partial charge in [0.2, 0.25) is 0 Å². The van der Waals surface area contributed by atoms with E-state index in [0.717, 1.165) is 15.6 Å². The minimum Gasteiger partial charge on any atom is -0.386 e. The largest absolute Gasteiger partial charge is 0.386 e. The zero-order valence-corrected chi connectivity index (χ0v) is 8.45. The summed E-state index contributed by atoms with van der Waals surface area (Å²) in [7, 11) is 0. The number of aliphatic hydroxyl groups is 2. The molecule has 0 aromatic rings. The predicted molar refractivity (Wildman–Crippen MR) is 52.5 cm³/mol. The van der Waals surface area contributed by atoms with Crippen molar-refractivity contribution in [2.75, 3.05) is 0 Å². The second-order valence-electron chi connectivity index (χ2n) is 2.52. The molecule has 0 radical (unpaired) electrons. The fourth-order valence-corrected chi connectivity index (χ4v) is 2.03. The van der Waals surface area contributed by atoms with E-state index in [4.69, 9.17) is 0 Å². The molecule has 2 nitrogen and oxygen atoms in total. The molecule has 11 heavy (non-hydrogen) atoms. The van der Waals surface area contributed by atoms with Gasteiger partial charge in [-0.1, -0.05) is 19.1 Å². The molecule has 62 valence electrons. The average Bonchev–Trinajstić information content (AvgIpc) is 1.99. The van der Waals surface area contributed by atoms with E-state index in [2.05, 4.69) is 22.6 Å². The van der Waals surface area contributed by atoms with Crippen molar-refractivity contribution in [3.63, 3.8) is 0 Å². The summed E-state index contributed by atoms with van der Waals surface area (Å²) in [5, 5.41) is 18.7. The molecule has 1 aliphatic rings. The van der Waals surface area contributed by atoms with Gasteiger partial charge < -0.3 is 10.2 Å². The lowest BCUT2D eigenvalue weighted by molar-refractivity contribution is 0.0695. The van der Waals surface area contributed by atoms with Gasteiger partial charge in [-0.15, -0.1) is 0 Å². The van der Waals surface area contributed by atoms with Crippen molar-refractivity contribution >= 4 is 22.6 Å². The van der Waals surface area contributed by atoms with Gasteiger partial charge in [-0.05, 0) is 34.6 Å². The maximum absolute atomic E-state index is 9.44. The Morgan fingerprint density at radius 3 is 2.64 bits per heavy atom. The van der Waals surface area contributed by atoms with Crippen molar-refractivity contribution in [3.8, 4) is 0 Å². The first kappa shape index (κ1) is 9.22.